The SMILES string of the molecule is COCCS(=O)(=O)CC(C)C(=O)OC. The maximum atomic E-state index is 11.3. The number of carbonyl (C=O) groups is 1. The fraction of sp³-hybridized carbons (Fsp3) is 0.875. The van der Waals surface area contributed by atoms with E-state index in [1.807, 2.05) is 0 Å². The Bertz CT molecular complexity index is 269. The molecule has 0 saturated heterocycles. The zero-order valence-electron chi connectivity index (χ0n) is 8.65. The molecule has 0 aromatic heterocycles. The molecule has 0 heterocycles. The highest BCUT2D eigenvalue weighted by atomic mass is 32.2. The van der Waals surface area contributed by atoms with Crippen LogP contribution in [0, 0.1) is 5.92 Å². The van der Waals surface area contributed by atoms with Crippen molar-refractivity contribution in [3.05, 3.63) is 0 Å². The molecule has 0 N–H and O–H groups in total. The third kappa shape index (κ3) is 5.18. The average molecular weight is 224 g/mol. The summed E-state index contributed by atoms with van der Waals surface area (Å²) in [6.07, 6.45) is 0. The van der Waals surface area contributed by atoms with E-state index < -0.39 is 21.7 Å². The van der Waals surface area contributed by atoms with Crippen LogP contribution in [0.1, 0.15) is 6.92 Å². The molecule has 1 atom stereocenters. The summed E-state index contributed by atoms with van der Waals surface area (Å²) < 4.78 is 31.7. The van der Waals surface area contributed by atoms with Gasteiger partial charge in [0.05, 0.1) is 31.1 Å². The van der Waals surface area contributed by atoms with Crippen LogP contribution in [0.2, 0.25) is 0 Å². The highest BCUT2D eigenvalue weighted by Crippen LogP contribution is 2.04. The second kappa shape index (κ2) is 5.98. The van der Waals surface area contributed by atoms with E-state index in [2.05, 4.69) is 9.47 Å². The van der Waals surface area contributed by atoms with Crippen LogP contribution in [-0.4, -0.2) is 46.7 Å². The predicted molar refractivity (Wildman–Crippen MR) is 51.7 cm³/mol. The summed E-state index contributed by atoms with van der Waals surface area (Å²) in [5.74, 6) is -1.39. The summed E-state index contributed by atoms with van der Waals surface area (Å²) in [5.41, 5.74) is 0. The topological polar surface area (TPSA) is 69.7 Å². The maximum absolute atomic E-state index is 11.3. The molecule has 6 heteroatoms. The van der Waals surface area contributed by atoms with E-state index >= 15 is 0 Å². The van der Waals surface area contributed by atoms with Gasteiger partial charge in [-0.1, -0.05) is 6.92 Å². The maximum Gasteiger partial charge on any atom is 0.309 e. The summed E-state index contributed by atoms with van der Waals surface area (Å²) >= 11 is 0. The molecule has 0 radical (unpaired) electrons. The van der Waals surface area contributed by atoms with Crippen LogP contribution in [0.3, 0.4) is 0 Å². The van der Waals surface area contributed by atoms with E-state index in [0.717, 1.165) is 0 Å². The van der Waals surface area contributed by atoms with Crippen molar-refractivity contribution in [3.8, 4) is 0 Å². The Hall–Kier alpha value is -0.620. The zero-order valence-corrected chi connectivity index (χ0v) is 9.46. The largest absolute Gasteiger partial charge is 0.469 e. The molecule has 0 aromatic carbocycles. The first-order valence-electron chi connectivity index (χ1n) is 4.20. The molecule has 14 heavy (non-hydrogen) atoms. The summed E-state index contributed by atoms with van der Waals surface area (Å²) in [6, 6.07) is 0. The average Bonchev–Trinajstić information content (AvgIpc) is 2.12. The Morgan fingerprint density at radius 1 is 1.36 bits per heavy atom. The molecule has 0 aliphatic carbocycles. The summed E-state index contributed by atoms with van der Waals surface area (Å²) in [6.45, 7) is 1.67. The van der Waals surface area contributed by atoms with Crippen molar-refractivity contribution in [1.29, 1.82) is 0 Å². The van der Waals surface area contributed by atoms with E-state index in [1.54, 1.807) is 0 Å². The molecule has 0 saturated carbocycles. The molecule has 84 valence electrons. The Labute approximate surface area is 84.3 Å². The van der Waals surface area contributed by atoms with Gasteiger partial charge in [-0.25, -0.2) is 8.42 Å². The van der Waals surface area contributed by atoms with Crippen molar-refractivity contribution >= 4 is 15.8 Å². The number of hydrogen-bond acceptors (Lipinski definition) is 5. The number of methoxy groups -OCH3 is 2. The molecule has 0 spiro atoms. The molecule has 0 aliphatic heterocycles. The van der Waals surface area contributed by atoms with Gasteiger partial charge in [0.25, 0.3) is 0 Å². The lowest BCUT2D eigenvalue weighted by Crippen LogP contribution is -2.25. The minimum absolute atomic E-state index is 0.0646. The minimum atomic E-state index is -3.22. The van der Waals surface area contributed by atoms with Crippen LogP contribution in [-0.2, 0) is 24.1 Å². The number of esters is 1. The van der Waals surface area contributed by atoms with E-state index in [-0.39, 0.29) is 18.1 Å². The van der Waals surface area contributed by atoms with E-state index in [0.29, 0.717) is 0 Å². The van der Waals surface area contributed by atoms with Crippen molar-refractivity contribution in [2.45, 2.75) is 6.92 Å². The van der Waals surface area contributed by atoms with E-state index in [4.69, 9.17) is 0 Å². The lowest BCUT2D eigenvalue weighted by molar-refractivity contribution is -0.144. The van der Waals surface area contributed by atoms with Gasteiger partial charge in [0.15, 0.2) is 9.84 Å². The van der Waals surface area contributed by atoms with Crippen molar-refractivity contribution in [2.75, 3.05) is 32.3 Å². The molecule has 0 rings (SSSR count). The molecule has 0 aliphatic rings. The normalized spacial score (nSPS) is 13.6. The highest BCUT2D eigenvalue weighted by Gasteiger charge is 2.21. The fourth-order valence-electron chi connectivity index (χ4n) is 0.944. The van der Waals surface area contributed by atoms with Crippen molar-refractivity contribution in [1.82, 2.24) is 0 Å². The van der Waals surface area contributed by atoms with Gasteiger partial charge in [-0.05, 0) is 0 Å². The van der Waals surface area contributed by atoms with Crippen LogP contribution in [0.15, 0.2) is 0 Å². The summed E-state index contributed by atoms with van der Waals surface area (Å²) in [5, 5.41) is 0. The first-order chi connectivity index (χ1) is 6.43. The number of carbonyl (C=O) groups excluding carboxylic acids is 1. The van der Waals surface area contributed by atoms with Gasteiger partial charge < -0.3 is 9.47 Å². The monoisotopic (exact) mass is 224 g/mol. The quantitative estimate of drug-likeness (QED) is 0.587. The summed E-state index contributed by atoms with van der Waals surface area (Å²) in [4.78, 5) is 10.9. The number of hydrogen-bond donors (Lipinski definition) is 0. The van der Waals surface area contributed by atoms with Gasteiger partial charge in [0.2, 0.25) is 0 Å². The fourth-order valence-corrected chi connectivity index (χ4v) is 2.43. The zero-order chi connectivity index (χ0) is 11.2. The molecular formula is C8H16O5S. The molecule has 0 amide bonds. The smallest absolute Gasteiger partial charge is 0.309 e. The van der Waals surface area contributed by atoms with Gasteiger partial charge in [-0.15, -0.1) is 0 Å². The Kier molecular flexibility index (Phi) is 5.71. The van der Waals surface area contributed by atoms with E-state index in [1.165, 1.54) is 21.1 Å². The third-order valence-electron chi connectivity index (χ3n) is 1.71. The first kappa shape index (κ1) is 13.4. The van der Waals surface area contributed by atoms with Gasteiger partial charge in [-0.3, -0.25) is 4.79 Å². The third-order valence-corrected chi connectivity index (χ3v) is 3.50. The molecular weight excluding hydrogens is 208 g/mol. The second-order valence-corrected chi connectivity index (χ2v) is 5.26. The predicted octanol–water partition coefficient (Wildman–Crippen LogP) is -0.143. The van der Waals surface area contributed by atoms with Crippen molar-refractivity contribution < 1.29 is 22.7 Å². The van der Waals surface area contributed by atoms with Gasteiger partial charge >= 0.3 is 5.97 Å². The Morgan fingerprint density at radius 2 is 1.93 bits per heavy atom. The van der Waals surface area contributed by atoms with Crippen LogP contribution in [0.5, 0.6) is 0 Å². The van der Waals surface area contributed by atoms with E-state index in [9.17, 15) is 13.2 Å². The Morgan fingerprint density at radius 3 is 2.36 bits per heavy atom. The number of sulfone groups is 1. The molecule has 0 bridgehead atoms. The summed E-state index contributed by atoms with van der Waals surface area (Å²) in [7, 11) is -0.557. The molecule has 0 aromatic rings. The first-order valence-corrected chi connectivity index (χ1v) is 6.02. The number of ether oxygens (including phenoxy) is 2. The van der Waals surface area contributed by atoms with Crippen molar-refractivity contribution in [2.24, 2.45) is 5.92 Å². The van der Waals surface area contributed by atoms with Crippen LogP contribution >= 0.6 is 0 Å². The molecule has 5 nitrogen and oxygen atoms in total. The lowest BCUT2D eigenvalue weighted by Gasteiger charge is -2.09. The lowest BCUT2D eigenvalue weighted by atomic mass is 10.2. The van der Waals surface area contributed by atoms with Crippen LogP contribution < -0.4 is 0 Å². The van der Waals surface area contributed by atoms with Gasteiger partial charge in [0.1, 0.15) is 0 Å². The second-order valence-electron chi connectivity index (χ2n) is 3.03. The molecule has 1 unspecified atom stereocenters. The standard InChI is InChI=1S/C8H16O5S/c1-7(8(9)13-3)6-14(10,11)5-4-12-2/h7H,4-6H2,1-3H3. The van der Waals surface area contributed by atoms with Crippen LogP contribution in [0.4, 0.5) is 0 Å². The van der Waals surface area contributed by atoms with Gasteiger partial charge in [-0.2, -0.15) is 0 Å². The Balaban J connectivity index is 4.15. The number of rotatable bonds is 6. The van der Waals surface area contributed by atoms with Crippen LogP contribution in [0.25, 0.3) is 0 Å². The molecule has 0 fully saturated rings. The highest BCUT2D eigenvalue weighted by molar-refractivity contribution is 7.91. The van der Waals surface area contributed by atoms with Crippen molar-refractivity contribution in [3.63, 3.8) is 0 Å². The minimum Gasteiger partial charge on any atom is -0.469 e. The van der Waals surface area contributed by atoms with Gasteiger partial charge in [0, 0.05) is 7.11 Å².